The van der Waals surface area contributed by atoms with Gasteiger partial charge in [-0.05, 0) is 42.3 Å². The average Bonchev–Trinajstić information content (AvgIpc) is 2.72. The number of carbonyl (C=O) groups is 1. The SMILES string of the molecule is Cc1cnc(C(=O)N(Cc2cccc(C(F)(F)F)c2)Cc2cccc(C(F)(F)F)c2)cn1. The number of hydrogen-bond donors (Lipinski definition) is 0. The molecule has 0 radical (unpaired) electrons. The van der Waals surface area contributed by atoms with E-state index in [9.17, 15) is 31.1 Å². The molecule has 0 unspecified atom stereocenters. The molecule has 32 heavy (non-hydrogen) atoms. The van der Waals surface area contributed by atoms with Crippen LogP contribution in [0.1, 0.15) is 38.4 Å². The summed E-state index contributed by atoms with van der Waals surface area (Å²) in [7, 11) is 0. The van der Waals surface area contributed by atoms with Gasteiger partial charge >= 0.3 is 12.4 Å². The molecule has 0 saturated heterocycles. The Kier molecular flexibility index (Phi) is 6.52. The number of aryl methyl sites for hydroxylation is 1. The topological polar surface area (TPSA) is 46.1 Å². The number of carbonyl (C=O) groups excluding carboxylic acids is 1. The molecule has 4 nitrogen and oxygen atoms in total. The Labute approximate surface area is 179 Å². The summed E-state index contributed by atoms with van der Waals surface area (Å²) >= 11 is 0. The Morgan fingerprint density at radius 2 is 1.31 bits per heavy atom. The summed E-state index contributed by atoms with van der Waals surface area (Å²) in [5.41, 5.74) is -0.980. The second kappa shape index (κ2) is 8.97. The zero-order valence-corrected chi connectivity index (χ0v) is 16.7. The lowest BCUT2D eigenvalue weighted by Crippen LogP contribution is -2.31. The highest BCUT2D eigenvalue weighted by molar-refractivity contribution is 5.92. The number of hydrogen-bond acceptors (Lipinski definition) is 3. The monoisotopic (exact) mass is 453 g/mol. The number of nitrogens with zero attached hydrogens (tertiary/aromatic N) is 3. The van der Waals surface area contributed by atoms with Crippen LogP contribution < -0.4 is 0 Å². The molecule has 0 bridgehead atoms. The molecule has 0 aliphatic carbocycles. The van der Waals surface area contributed by atoms with Crippen molar-refractivity contribution in [3.63, 3.8) is 0 Å². The molecule has 0 saturated carbocycles. The van der Waals surface area contributed by atoms with E-state index in [1.54, 1.807) is 6.92 Å². The predicted molar refractivity (Wildman–Crippen MR) is 103 cm³/mol. The molecule has 1 heterocycles. The molecule has 1 amide bonds. The lowest BCUT2D eigenvalue weighted by molar-refractivity contribution is -0.138. The first-order valence-electron chi connectivity index (χ1n) is 9.33. The van der Waals surface area contributed by atoms with Gasteiger partial charge in [0, 0.05) is 19.3 Å². The van der Waals surface area contributed by atoms with Gasteiger partial charge in [0.25, 0.3) is 5.91 Å². The number of aromatic nitrogens is 2. The van der Waals surface area contributed by atoms with E-state index in [2.05, 4.69) is 9.97 Å². The summed E-state index contributed by atoms with van der Waals surface area (Å²) in [6.45, 7) is 1.12. The van der Waals surface area contributed by atoms with Gasteiger partial charge in [-0.15, -0.1) is 0 Å². The van der Waals surface area contributed by atoms with Crippen LogP contribution in [-0.2, 0) is 25.4 Å². The van der Waals surface area contributed by atoms with Crippen LogP contribution in [0.4, 0.5) is 26.3 Å². The summed E-state index contributed by atoms with van der Waals surface area (Å²) in [5.74, 6) is -0.674. The third-order valence-corrected chi connectivity index (χ3v) is 4.54. The quantitative estimate of drug-likeness (QED) is 0.468. The van der Waals surface area contributed by atoms with Crippen LogP contribution in [0.3, 0.4) is 0 Å². The van der Waals surface area contributed by atoms with Crippen LogP contribution in [-0.4, -0.2) is 20.8 Å². The smallest absolute Gasteiger partial charge is 0.329 e. The van der Waals surface area contributed by atoms with E-state index in [0.29, 0.717) is 5.69 Å². The zero-order chi connectivity index (χ0) is 23.5. The van der Waals surface area contributed by atoms with Crippen LogP contribution in [0.25, 0.3) is 0 Å². The van der Waals surface area contributed by atoms with E-state index in [1.165, 1.54) is 36.7 Å². The number of rotatable bonds is 5. The minimum absolute atomic E-state index is 0.0745. The summed E-state index contributed by atoms with van der Waals surface area (Å²) in [6.07, 6.45) is -6.59. The third kappa shape index (κ3) is 5.83. The van der Waals surface area contributed by atoms with Crippen molar-refractivity contribution in [3.05, 3.63) is 94.6 Å². The summed E-state index contributed by atoms with van der Waals surface area (Å²) in [5, 5.41) is 0. The zero-order valence-electron chi connectivity index (χ0n) is 16.7. The molecule has 0 aliphatic rings. The molecule has 2 aromatic carbocycles. The van der Waals surface area contributed by atoms with E-state index < -0.39 is 29.4 Å². The first-order chi connectivity index (χ1) is 14.9. The van der Waals surface area contributed by atoms with Crippen molar-refractivity contribution < 1.29 is 31.1 Å². The summed E-state index contributed by atoms with van der Waals surface area (Å²) < 4.78 is 78.4. The molecule has 1 aromatic heterocycles. The van der Waals surface area contributed by atoms with E-state index in [1.807, 2.05) is 0 Å². The van der Waals surface area contributed by atoms with Gasteiger partial charge in [-0.2, -0.15) is 26.3 Å². The molecule has 10 heteroatoms. The van der Waals surface area contributed by atoms with Gasteiger partial charge in [0.05, 0.1) is 23.0 Å². The Morgan fingerprint density at radius 1 is 0.812 bits per heavy atom. The van der Waals surface area contributed by atoms with Crippen molar-refractivity contribution in [3.8, 4) is 0 Å². The molecule has 0 fully saturated rings. The van der Waals surface area contributed by atoms with Gasteiger partial charge in [-0.1, -0.05) is 24.3 Å². The van der Waals surface area contributed by atoms with Crippen molar-refractivity contribution in [2.24, 2.45) is 0 Å². The fourth-order valence-corrected chi connectivity index (χ4v) is 3.00. The largest absolute Gasteiger partial charge is 0.416 e. The number of benzene rings is 2. The molecule has 0 N–H and O–H groups in total. The van der Waals surface area contributed by atoms with Crippen molar-refractivity contribution in [2.45, 2.75) is 32.4 Å². The van der Waals surface area contributed by atoms with Gasteiger partial charge in [-0.3, -0.25) is 9.78 Å². The highest BCUT2D eigenvalue weighted by atomic mass is 19.4. The van der Waals surface area contributed by atoms with Crippen molar-refractivity contribution in [1.82, 2.24) is 14.9 Å². The van der Waals surface area contributed by atoms with Crippen LogP contribution >= 0.6 is 0 Å². The molecular formula is C22H17F6N3O. The van der Waals surface area contributed by atoms with Crippen LogP contribution in [0.2, 0.25) is 0 Å². The van der Waals surface area contributed by atoms with E-state index >= 15 is 0 Å². The minimum Gasteiger partial charge on any atom is -0.329 e. The third-order valence-electron chi connectivity index (χ3n) is 4.54. The standard InChI is InChI=1S/C22H17F6N3O/c1-14-10-30-19(11-29-14)20(32)31(12-15-4-2-6-17(8-15)21(23,24)25)13-16-5-3-7-18(9-16)22(26,27)28/h2-11H,12-13H2,1H3. The summed E-state index contributed by atoms with van der Waals surface area (Å²) in [4.78, 5) is 22.1. The number of amides is 1. The average molecular weight is 453 g/mol. The highest BCUT2D eigenvalue weighted by Gasteiger charge is 2.32. The molecule has 3 rings (SSSR count). The molecule has 0 atom stereocenters. The lowest BCUT2D eigenvalue weighted by atomic mass is 10.1. The van der Waals surface area contributed by atoms with Crippen LogP contribution in [0, 0.1) is 6.92 Å². The Balaban J connectivity index is 1.95. The van der Waals surface area contributed by atoms with Crippen molar-refractivity contribution >= 4 is 5.91 Å². The Hall–Kier alpha value is -3.43. The fraction of sp³-hybridized carbons (Fsp3) is 0.227. The van der Waals surface area contributed by atoms with Gasteiger partial charge in [0.1, 0.15) is 5.69 Å². The Morgan fingerprint density at radius 3 is 1.72 bits per heavy atom. The number of halogens is 6. The normalized spacial score (nSPS) is 12.0. The van der Waals surface area contributed by atoms with Gasteiger partial charge in [0.15, 0.2) is 0 Å². The van der Waals surface area contributed by atoms with Crippen LogP contribution in [0.15, 0.2) is 60.9 Å². The van der Waals surface area contributed by atoms with Crippen LogP contribution in [0.5, 0.6) is 0 Å². The fourth-order valence-electron chi connectivity index (χ4n) is 3.00. The lowest BCUT2D eigenvalue weighted by Gasteiger charge is -2.23. The first kappa shape index (κ1) is 23.2. The minimum atomic E-state index is -4.58. The predicted octanol–water partition coefficient (Wildman–Crippen LogP) is 5.67. The Bertz CT molecular complexity index is 1030. The molecule has 0 aliphatic heterocycles. The second-order valence-electron chi connectivity index (χ2n) is 7.10. The summed E-state index contributed by atoms with van der Waals surface area (Å²) in [6, 6.07) is 8.81. The molecular weight excluding hydrogens is 436 g/mol. The highest BCUT2D eigenvalue weighted by Crippen LogP contribution is 2.31. The molecule has 168 valence electrons. The maximum Gasteiger partial charge on any atom is 0.416 e. The van der Waals surface area contributed by atoms with Crippen molar-refractivity contribution in [1.29, 1.82) is 0 Å². The van der Waals surface area contributed by atoms with E-state index in [0.717, 1.165) is 29.2 Å². The number of alkyl halides is 6. The maximum absolute atomic E-state index is 13.1. The molecule has 0 spiro atoms. The first-order valence-corrected chi connectivity index (χ1v) is 9.33. The van der Waals surface area contributed by atoms with Gasteiger partial charge in [-0.25, -0.2) is 4.98 Å². The maximum atomic E-state index is 13.1. The second-order valence-corrected chi connectivity index (χ2v) is 7.10. The van der Waals surface area contributed by atoms with Gasteiger partial charge < -0.3 is 4.90 Å². The van der Waals surface area contributed by atoms with Gasteiger partial charge in [0.2, 0.25) is 0 Å². The van der Waals surface area contributed by atoms with E-state index in [4.69, 9.17) is 0 Å². The van der Waals surface area contributed by atoms with Crippen molar-refractivity contribution in [2.75, 3.05) is 0 Å². The van der Waals surface area contributed by atoms with E-state index in [-0.39, 0.29) is 29.9 Å². The molecule has 3 aromatic rings.